The number of aromatic nitrogens is 2. The molecule has 1 unspecified atom stereocenters. The van der Waals surface area contributed by atoms with E-state index in [9.17, 15) is 21.6 Å². The second kappa shape index (κ2) is 8.09. The summed E-state index contributed by atoms with van der Waals surface area (Å²) in [5.74, 6) is -0.757. The number of hydrogen-bond donors (Lipinski definition) is 1. The van der Waals surface area contributed by atoms with Gasteiger partial charge in [-0.05, 0) is 31.2 Å². The van der Waals surface area contributed by atoms with Crippen molar-refractivity contribution >= 4 is 21.5 Å². The molecule has 0 saturated heterocycles. The molecule has 0 radical (unpaired) electrons. The minimum absolute atomic E-state index is 0.0804. The van der Waals surface area contributed by atoms with Gasteiger partial charge < -0.3 is 14.8 Å². The topological polar surface area (TPSA) is 90.4 Å². The molecule has 148 valence electrons. The van der Waals surface area contributed by atoms with E-state index in [1.807, 2.05) is 0 Å². The van der Waals surface area contributed by atoms with Crippen LogP contribution in [0.15, 0.2) is 35.4 Å². The summed E-state index contributed by atoms with van der Waals surface area (Å²) >= 11 is 0. The molecule has 0 aliphatic carbocycles. The molecule has 0 aliphatic rings. The number of alkyl halides is 3. The molecule has 2 rings (SSSR count). The molecule has 0 fully saturated rings. The highest BCUT2D eigenvalue weighted by Gasteiger charge is 2.36. The van der Waals surface area contributed by atoms with Gasteiger partial charge in [0.15, 0.2) is 9.84 Å². The Morgan fingerprint density at radius 2 is 1.85 bits per heavy atom. The summed E-state index contributed by atoms with van der Waals surface area (Å²) in [5.41, 5.74) is -0.707. The van der Waals surface area contributed by atoms with E-state index in [2.05, 4.69) is 15.3 Å². The van der Waals surface area contributed by atoms with E-state index in [0.29, 0.717) is 11.9 Å². The second-order valence-electron chi connectivity index (χ2n) is 5.72. The maximum absolute atomic E-state index is 13.1. The van der Waals surface area contributed by atoms with E-state index in [1.54, 1.807) is 6.92 Å². The van der Waals surface area contributed by atoms with Crippen molar-refractivity contribution in [2.45, 2.75) is 24.1 Å². The van der Waals surface area contributed by atoms with Crippen molar-refractivity contribution in [3.63, 3.8) is 0 Å². The number of ether oxygens (including phenoxy) is 2. The van der Waals surface area contributed by atoms with Crippen LogP contribution in [0.1, 0.15) is 12.5 Å². The highest BCUT2D eigenvalue weighted by Crippen LogP contribution is 2.35. The molecule has 0 aliphatic heterocycles. The molecular formula is C16H18F3N3O4S. The quantitative estimate of drug-likeness (QED) is 0.757. The number of methoxy groups -OCH3 is 1. The zero-order valence-corrected chi connectivity index (χ0v) is 15.6. The Morgan fingerprint density at radius 1 is 1.22 bits per heavy atom. The molecular weight excluding hydrogens is 387 g/mol. The van der Waals surface area contributed by atoms with Crippen molar-refractivity contribution < 1.29 is 31.1 Å². The standard InChI is InChI=1S/C16H18F3N3O4S/c1-10(9-25-2)26-14-13(16(17,18)19)8-20-15(22-14)21-11-4-6-12(7-5-11)27(3,23)24/h4-8,10H,9H2,1-3H3,(H,20,21,22). The van der Waals surface area contributed by atoms with Crippen molar-refractivity contribution in [2.75, 3.05) is 25.3 Å². The average Bonchev–Trinajstić information content (AvgIpc) is 2.53. The van der Waals surface area contributed by atoms with E-state index in [1.165, 1.54) is 31.4 Å². The molecule has 0 saturated carbocycles. The number of anilines is 2. The van der Waals surface area contributed by atoms with E-state index in [0.717, 1.165) is 6.26 Å². The van der Waals surface area contributed by atoms with Crippen LogP contribution in [0.4, 0.5) is 24.8 Å². The van der Waals surface area contributed by atoms with Crippen LogP contribution in [0.2, 0.25) is 0 Å². The Hall–Kier alpha value is -2.40. The first-order valence-corrected chi connectivity index (χ1v) is 9.57. The monoisotopic (exact) mass is 405 g/mol. The van der Waals surface area contributed by atoms with Gasteiger partial charge in [-0.1, -0.05) is 0 Å². The predicted octanol–water partition coefficient (Wildman–Crippen LogP) is 3.06. The third-order valence-electron chi connectivity index (χ3n) is 3.31. The lowest BCUT2D eigenvalue weighted by Crippen LogP contribution is -2.21. The maximum Gasteiger partial charge on any atom is 0.423 e. The summed E-state index contributed by atoms with van der Waals surface area (Å²) in [7, 11) is -1.96. The smallest absolute Gasteiger partial charge is 0.423 e. The highest BCUT2D eigenvalue weighted by atomic mass is 32.2. The molecule has 2 aromatic rings. The lowest BCUT2D eigenvalue weighted by atomic mass is 10.3. The summed E-state index contributed by atoms with van der Waals surface area (Å²) < 4.78 is 72.4. The van der Waals surface area contributed by atoms with Gasteiger partial charge in [-0.2, -0.15) is 18.2 Å². The van der Waals surface area contributed by atoms with E-state index in [-0.39, 0.29) is 17.5 Å². The van der Waals surface area contributed by atoms with Crippen LogP contribution in [0.5, 0.6) is 5.88 Å². The van der Waals surface area contributed by atoms with E-state index in [4.69, 9.17) is 9.47 Å². The van der Waals surface area contributed by atoms with Gasteiger partial charge in [-0.15, -0.1) is 0 Å². The highest BCUT2D eigenvalue weighted by molar-refractivity contribution is 7.90. The van der Waals surface area contributed by atoms with Gasteiger partial charge in [-0.25, -0.2) is 13.4 Å². The molecule has 7 nitrogen and oxygen atoms in total. The summed E-state index contributed by atoms with van der Waals surface area (Å²) in [5, 5.41) is 2.71. The number of nitrogens with one attached hydrogen (secondary N) is 1. The molecule has 0 spiro atoms. The van der Waals surface area contributed by atoms with Crippen molar-refractivity contribution in [3.8, 4) is 5.88 Å². The average molecular weight is 405 g/mol. The number of nitrogens with zero attached hydrogens (tertiary/aromatic N) is 2. The van der Waals surface area contributed by atoms with Crippen LogP contribution in [0.25, 0.3) is 0 Å². The molecule has 1 atom stereocenters. The third kappa shape index (κ3) is 5.79. The number of hydrogen-bond acceptors (Lipinski definition) is 7. The fourth-order valence-electron chi connectivity index (χ4n) is 2.08. The molecule has 0 bridgehead atoms. The fraction of sp³-hybridized carbons (Fsp3) is 0.375. The van der Waals surface area contributed by atoms with E-state index < -0.39 is 33.6 Å². The first-order valence-electron chi connectivity index (χ1n) is 7.67. The summed E-state index contributed by atoms with van der Waals surface area (Å²) in [6.45, 7) is 1.62. The second-order valence-corrected chi connectivity index (χ2v) is 7.73. The lowest BCUT2D eigenvalue weighted by molar-refractivity contribution is -0.140. The van der Waals surface area contributed by atoms with Crippen LogP contribution < -0.4 is 10.1 Å². The van der Waals surface area contributed by atoms with Crippen LogP contribution in [-0.4, -0.2) is 44.5 Å². The Bertz CT molecular complexity index is 887. The minimum Gasteiger partial charge on any atom is -0.472 e. The van der Waals surface area contributed by atoms with Crippen molar-refractivity contribution in [1.29, 1.82) is 0 Å². The molecule has 27 heavy (non-hydrogen) atoms. The molecule has 1 aromatic carbocycles. The van der Waals surface area contributed by atoms with Gasteiger partial charge in [0, 0.05) is 25.2 Å². The zero-order chi connectivity index (χ0) is 20.2. The molecule has 1 aromatic heterocycles. The number of halogens is 3. The first-order chi connectivity index (χ1) is 12.5. The van der Waals surface area contributed by atoms with Gasteiger partial charge in [0.2, 0.25) is 11.8 Å². The number of sulfone groups is 1. The van der Waals surface area contributed by atoms with Gasteiger partial charge in [0.1, 0.15) is 11.7 Å². The maximum atomic E-state index is 13.1. The Morgan fingerprint density at radius 3 is 2.37 bits per heavy atom. The lowest BCUT2D eigenvalue weighted by Gasteiger charge is -2.17. The molecule has 1 N–H and O–H groups in total. The Balaban J connectivity index is 2.29. The number of benzene rings is 1. The Kier molecular flexibility index (Phi) is 6.26. The van der Waals surface area contributed by atoms with Crippen molar-refractivity contribution in [1.82, 2.24) is 9.97 Å². The molecule has 1 heterocycles. The SMILES string of the molecule is COCC(C)Oc1nc(Nc2ccc(S(C)(=O)=O)cc2)ncc1C(F)(F)F. The minimum atomic E-state index is -4.68. The van der Waals surface area contributed by atoms with Gasteiger partial charge in [0.25, 0.3) is 0 Å². The largest absolute Gasteiger partial charge is 0.472 e. The first kappa shape index (κ1) is 20.9. The van der Waals surface area contributed by atoms with Crippen LogP contribution in [0.3, 0.4) is 0 Å². The van der Waals surface area contributed by atoms with Crippen LogP contribution in [0, 0.1) is 0 Å². The Labute approximate surface area is 154 Å². The zero-order valence-electron chi connectivity index (χ0n) is 14.7. The normalized spacial score (nSPS) is 13.3. The molecule has 0 amide bonds. The third-order valence-corrected chi connectivity index (χ3v) is 4.44. The summed E-state index contributed by atoms with van der Waals surface area (Å²) in [4.78, 5) is 7.55. The van der Waals surface area contributed by atoms with Gasteiger partial charge in [0.05, 0.1) is 11.5 Å². The van der Waals surface area contributed by atoms with Crippen molar-refractivity contribution in [3.05, 3.63) is 36.0 Å². The number of rotatable bonds is 7. The summed E-state index contributed by atoms with van der Waals surface area (Å²) in [6.07, 6.45) is -3.65. The van der Waals surface area contributed by atoms with Crippen LogP contribution in [-0.2, 0) is 20.8 Å². The molecule has 11 heteroatoms. The van der Waals surface area contributed by atoms with Gasteiger partial charge in [-0.3, -0.25) is 0 Å². The summed E-state index contributed by atoms with van der Waals surface area (Å²) in [6, 6.07) is 5.62. The van der Waals surface area contributed by atoms with Gasteiger partial charge >= 0.3 is 6.18 Å². The van der Waals surface area contributed by atoms with Crippen molar-refractivity contribution in [2.24, 2.45) is 0 Å². The fourth-order valence-corrected chi connectivity index (χ4v) is 2.72. The van der Waals surface area contributed by atoms with Crippen LogP contribution >= 0.6 is 0 Å². The van der Waals surface area contributed by atoms with E-state index >= 15 is 0 Å². The predicted molar refractivity (Wildman–Crippen MR) is 91.8 cm³/mol.